The van der Waals surface area contributed by atoms with Crippen LogP contribution in [0.25, 0.3) is 11.3 Å². The van der Waals surface area contributed by atoms with Crippen LogP contribution in [0.15, 0.2) is 59.1 Å². The Labute approximate surface area is 193 Å². The molecule has 4 rings (SSSR count). The molecular weight excluding hydrogens is 421 g/mol. The van der Waals surface area contributed by atoms with Crippen LogP contribution >= 0.6 is 0 Å². The molecule has 1 fully saturated rings. The van der Waals surface area contributed by atoms with Gasteiger partial charge >= 0.3 is 0 Å². The van der Waals surface area contributed by atoms with Crippen molar-refractivity contribution in [1.82, 2.24) is 10.1 Å². The maximum atomic E-state index is 13.5. The highest BCUT2D eigenvalue weighted by Crippen LogP contribution is 2.33. The summed E-state index contributed by atoms with van der Waals surface area (Å²) in [6.45, 7) is 7.10. The van der Waals surface area contributed by atoms with Gasteiger partial charge in [0.25, 0.3) is 5.91 Å². The maximum Gasteiger partial charge on any atom is 0.254 e. The van der Waals surface area contributed by atoms with Gasteiger partial charge in [0.05, 0.1) is 18.2 Å². The van der Waals surface area contributed by atoms with E-state index in [9.17, 15) is 9.18 Å². The molecule has 0 spiro atoms. The van der Waals surface area contributed by atoms with Crippen molar-refractivity contribution in [3.63, 3.8) is 0 Å². The lowest BCUT2D eigenvalue weighted by Crippen LogP contribution is -2.37. The molecule has 3 aromatic rings. The van der Waals surface area contributed by atoms with Gasteiger partial charge in [0.2, 0.25) is 5.88 Å². The van der Waals surface area contributed by atoms with Crippen molar-refractivity contribution < 1.29 is 18.4 Å². The van der Waals surface area contributed by atoms with Crippen molar-refractivity contribution in [1.29, 1.82) is 0 Å². The Bertz CT molecular complexity index is 1040. The molecule has 1 amide bonds. The number of halogens is 1. The minimum Gasteiger partial charge on any atom is -0.376 e. The highest BCUT2D eigenvalue weighted by molar-refractivity contribution is 5.94. The Morgan fingerprint density at radius 3 is 2.45 bits per heavy atom. The third kappa shape index (κ3) is 5.25. The summed E-state index contributed by atoms with van der Waals surface area (Å²) >= 11 is 0. The molecule has 1 atom stereocenters. The second kappa shape index (κ2) is 10.6. The Hall–Kier alpha value is -3.19. The summed E-state index contributed by atoms with van der Waals surface area (Å²) in [6, 6.07) is 15.5. The zero-order valence-corrected chi connectivity index (χ0v) is 19.2. The molecule has 0 aliphatic carbocycles. The number of carbonyl (C=O) groups excluding carboxylic acids is 1. The molecule has 0 saturated carbocycles. The lowest BCUT2D eigenvalue weighted by Gasteiger charge is -2.27. The van der Waals surface area contributed by atoms with Crippen molar-refractivity contribution in [2.45, 2.75) is 39.3 Å². The molecule has 1 saturated heterocycles. The number of rotatable bonds is 9. The minimum atomic E-state index is -0.369. The minimum absolute atomic E-state index is 0.0219. The van der Waals surface area contributed by atoms with Crippen molar-refractivity contribution in [2.24, 2.45) is 0 Å². The average molecular weight is 452 g/mol. The summed E-state index contributed by atoms with van der Waals surface area (Å²) in [6.07, 6.45) is 1.87. The SMILES string of the molecule is CCN(CC)c1onc(-c2ccccc2)c1CN(C[C@H]1CCCO1)C(=O)c1ccc(F)cc1. The first-order chi connectivity index (χ1) is 16.1. The van der Waals surface area contributed by atoms with Crippen LogP contribution in [0.3, 0.4) is 0 Å². The van der Waals surface area contributed by atoms with Crippen LogP contribution in [0.2, 0.25) is 0 Å². The molecule has 7 heteroatoms. The van der Waals surface area contributed by atoms with E-state index in [1.54, 1.807) is 4.90 Å². The van der Waals surface area contributed by atoms with E-state index in [1.165, 1.54) is 24.3 Å². The summed E-state index contributed by atoms with van der Waals surface area (Å²) in [5.41, 5.74) is 2.96. The van der Waals surface area contributed by atoms with Crippen LogP contribution in [0, 0.1) is 5.82 Å². The van der Waals surface area contributed by atoms with E-state index in [2.05, 4.69) is 23.9 Å². The van der Waals surface area contributed by atoms with Crippen LogP contribution in [-0.4, -0.2) is 48.3 Å². The maximum absolute atomic E-state index is 13.5. The van der Waals surface area contributed by atoms with Gasteiger partial charge in [0, 0.05) is 37.4 Å². The molecule has 6 nitrogen and oxygen atoms in total. The second-order valence-corrected chi connectivity index (χ2v) is 8.18. The fraction of sp³-hybridized carbons (Fsp3) is 0.385. The van der Waals surface area contributed by atoms with E-state index in [-0.39, 0.29) is 17.8 Å². The highest BCUT2D eigenvalue weighted by Gasteiger charge is 2.28. The zero-order chi connectivity index (χ0) is 23.2. The average Bonchev–Trinajstić information content (AvgIpc) is 3.51. The van der Waals surface area contributed by atoms with Gasteiger partial charge in [-0.15, -0.1) is 0 Å². The van der Waals surface area contributed by atoms with Crippen LogP contribution in [0.5, 0.6) is 0 Å². The Balaban J connectivity index is 1.72. The first kappa shape index (κ1) is 23.0. The number of hydrogen-bond donors (Lipinski definition) is 0. The number of anilines is 1. The summed E-state index contributed by atoms with van der Waals surface area (Å²) < 4.78 is 25.1. The molecule has 0 bridgehead atoms. The van der Waals surface area contributed by atoms with Crippen LogP contribution in [0.1, 0.15) is 42.6 Å². The van der Waals surface area contributed by atoms with E-state index in [0.29, 0.717) is 31.1 Å². The third-order valence-corrected chi connectivity index (χ3v) is 6.04. The number of ether oxygens (including phenoxy) is 1. The van der Waals surface area contributed by atoms with Gasteiger partial charge in [0.1, 0.15) is 11.5 Å². The first-order valence-electron chi connectivity index (χ1n) is 11.6. The van der Waals surface area contributed by atoms with E-state index >= 15 is 0 Å². The largest absolute Gasteiger partial charge is 0.376 e. The van der Waals surface area contributed by atoms with Gasteiger partial charge in [-0.3, -0.25) is 4.79 Å². The Kier molecular flexibility index (Phi) is 7.40. The molecule has 1 aromatic heterocycles. The van der Waals surface area contributed by atoms with Gasteiger partial charge in [-0.25, -0.2) is 4.39 Å². The lowest BCUT2D eigenvalue weighted by atomic mass is 10.1. The highest BCUT2D eigenvalue weighted by atomic mass is 19.1. The van der Waals surface area contributed by atoms with Gasteiger partial charge in [-0.2, -0.15) is 0 Å². The summed E-state index contributed by atoms with van der Waals surface area (Å²) in [5.74, 6) is 0.130. The van der Waals surface area contributed by atoms with E-state index in [1.807, 2.05) is 30.3 Å². The molecule has 0 radical (unpaired) electrons. The molecule has 1 aliphatic rings. The van der Waals surface area contributed by atoms with Crippen molar-refractivity contribution >= 4 is 11.8 Å². The van der Waals surface area contributed by atoms with Crippen molar-refractivity contribution in [2.75, 3.05) is 31.1 Å². The van der Waals surface area contributed by atoms with Crippen molar-refractivity contribution in [3.05, 3.63) is 71.5 Å². The predicted octanol–water partition coefficient (Wildman–Crippen LogP) is 5.15. The topological polar surface area (TPSA) is 58.8 Å². The molecule has 2 aromatic carbocycles. The number of benzene rings is 2. The third-order valence-electron chi connectivity index (χ3n) is 6.04. The molecule has 1 aliphatic heterocycles. The van der Waals surface area contributed by atoms with Crippen LogP contribution < -0.4 is 4.90 Å². The quantitative estimate of drug-likeness (QED) is 0.450. The van der Waals surface area contributed by atoms with E-state index in [4.69, 9.17) is 9.26 Å². The molecule has 0 unspecified atom stereocenters. The lowest BCUT2D eigenvalue weighted by molar-refractivity contribution is 0.0507. The number of carbonyl (C=O) groups is 1. The fourth-order valence-corrected chi connectivity index (χ4v) is 4.24. The number of hydrogen-bond acceptors (Lipinski definition) is 5. The van der Waals surface area contributed by atoms with E-state index < -0.39 is 0 Å². The molecule has 2 heterocycles. The summed E-state index contributed by atoms with van der Waals surface area (Å²) in [7, 11) is 0. The standard InChI is InChI=1S/C26H30FN3O3/c1-3-29(4-2)26-23(24(28-33-26)19-9-6-5-7-10-19)18-30(17-22-11-8-16-32-22)25(31)20-12-14-21(27)15-13-20/h5-7,9-10,12-15,22H,3-4,8,11,16-18H2,1-2H3/t22-/m1/s1. The number of nitrogens with zero attached hydrogens (tertiary/aromatic N) is 3. The normalized spacial score (nSPS) is 15.5. The second-order valence-electron chi connectivity index (χ2n) is 8.18. The number of amides is 1. The first-order valence-corrected chi connectivity index (χ1v) is 11.6. The van der Waals surface area contributed by atoms with Gasteiger partial charge in [-0.1, -0.05) is 35.5 Å². The van der Waals surface area contributed by atoms with Crippen LogP contribution in [-0.2, 0) is 11.3 Å². The zero-order valence-electron chi connectivity index (χ0n) is 19.2. The van der Waals surface area contributed by atoms with Gasteiger partial charge in [-0.05, 0) is 51.0 Å². The van der Waals surface area contributed by atoms with E-state index in [0.717, 1.165) is 42.8 Å². The fourth-order valence-electron chi connectivity index (χ4n) is 4.24. The summed E-state index contributed by atoms with van der Waals surface area (Å²) in [4.78, 5) is 17.4. The Morgan fingerprint density at radius 2 is 1.82 bits per heavy atom. The molecule has 0 N–H and O–H groups in total. The molecule has 33 heavy (non-hydrogen) atoms. The summed E-state index contributed by atoms with van der Waals surface area (Å²) in [5, 5.41) is 4.40. The smallest absolute Gasteiger partial charge is 0.254 e. The predicted molar refractivity (Wildman–Crippen MR) is 126 cm³/mol. The Morgan fingerprint density at radius 1 is 1.09 bits per heavy atom. The molecular formula is C26H30FN3O3. The van der Waals surface area contributed by atoms with Gasteiger partial charge < -0.3 is 19.1 Å². The number of aromatic nitrogens is 1. The van der Waals surface area contributed by atoms with Crippen molar-refractivity contribution in [3.8, 4) is 11.3 Å². The van der Waals surface area contributed by atoms with Crippen LogP contribution in [0.4, 0.5) is 10.3 Å². The monoisotopic (exact) mass is 451 g/mol. The van der Waals surface area contributed by atoms with Gasteiger partial charge in [0.15, 0.2) is 0 Å². The molecule has 174 valence electrons.